The molecular weight excluding hydrogens is 507 g/mol. The Hall–Kier alpha value is -4.94. The highest BCUT2D eigenvalue weighted by Crippen LogP contribution is 2.30. The molecule has 2 aromatic carbocycles. The number of benzene rings is 2. The van der Waals surface area contributed by atoms with Crippen LogP contribution in [0.4, 0.5) is 29.5 Å². The van der Waals surface area contributed by atoms with Crippen LogP contribution >= 0.6 is 0 Å². The van der Waals surface area contributed by atoms with Gasteiger partial charge in [0, 0.05) is 6.20 Å². The van der Waals surface area contributed by atoms with Crippen LogP contribution in [0.2, 0.25) is 0 Å². The molecule has 1 aromatic heterocycles. The van der Waals surface area contributed by atoms with Gasteiger partial charge in [-0.25, -0.2) is 9.78 Å². The van der Waals surface area contributed by atoms with Gasteiger partial charge in [-0.1, -0.05) is 24.3 Å². The van der Waals surface area contributed by atoms with E-state index in [1.807, 2.05) is 0 Å². The second-order valence-corrected chi connectivity index (χ2v) is 8.39. The fourth-order valence-electron chi connectivity index (χ4n) is 4.24. The number of ether oxygens (including phenoxy) is 1. The molecule has 1 atom stereocenters. The molecule has 0 spiro atoms. The summed E-state index contributed by atoms with van der Waals surface area (Å²) in [5.41, 5.74) is 0.987. The van der Waals surface area contributed by atoms with Gasteiger partial charge in [0.15, 0.2) is 5.82 Å². The average Bonchev–Trinajstić information content (AvgIpc) is 3.12. The predicted octanol–water partition coefficient (Wildman–Crippen LogP) is 3.49. The lowest BCUT2D eigenvalue weighted by Gasteiger charge is -2.31. The third kappa shape index (κ3) is 4.85. The first-order chi connectivity index (χ1) is 18.1. The number of hydrogen-bond donors (Lipinski definition) is 2. The van der Waals surface area contributed by atoms with Crippen molar-refractivity contribution in [2.24, 2.45) is 0 Å². The fraction of sp³-hybridized carbons (Fsp3) is 0.160. The van der Waals surface area contributed by atoms with Crippen LogP contribution in [-0.4, -0.2) is 53.1 Å². The molecule has 2 aliphatic heterocycles. The summed E-state index contributed by atoms with van der Waals surface area (Å²) < 4.78 is 41.7. The van der Waals surface area contributed by atoms with Crippen molar-refractivity contribution in [3.63, 3.8) is 0 Å². The summed E-state index contributed by atoms with van der Waals surface area (Å²) >= 11 is 0. The Morgan fingerprint density at radius 1 is 1.00 bits per heavy atom. The van der Waals surface area contributed by atoms with E-state index in [0.717, 1.165) is 21.9 Å². The number of nitrogens with one attached hydrogen (secondary N) is 2. The van der Waals surface area contributed by atoms with E-state index in [0.29, 0.717) is 5.69 Å². The number of urea groups is 1. The highest BCUT2D eigenvalue weighted by molar-refractivity contribution is 6.21. The van der Waals surface area contributed by atoms with Gasteiger partial charge >= 0.3 is 12.4 Å². The number of rotatable bonds is 5. The molecule has 1 unspecified atom stereocenters. The topological polar surface area (TPSA) is 121 Å². The smallest absolute Gasteiger partial charge is 0.406 e. The van der Waals surface area contributed by atoms with Crippen LogP contribution in [0.15, 0.2) is 66.9 Å². The molecule has 10 nitrogen and oxygen atoms in total. The standard InChI is InChI=1S/C25H18F3N5O5/c26-25(27,28)38-15-9-7-14(8-10-15)19(12-33-22(35)16-4-1-2-5-17(16)23(33)36)31-24(37)32-13-20(34)30-18-6-3-11-29-21(18)32/h1-11,19H,12-13H2,(H,30,34)(H,31,37). The molecule has 194 valence electrons. The van der Waals surface area contributed by atoms with Gasteiger partial charge in [0.2, 0.25) is 5.91 Å². The SMILES string of the molecule is O=C1CN(C(=O)NC(CN2C(=O)c3ccccc3C2=O)c2ccc(OC(F)(F)F)cc2)c2ncccc2N1. The average molecular weight is 525 g/mol. The number of nitrogens with zero attached hydrogens (tertiary/aromatic N) is 3. The van der Waals surface area contributed by atoms with Crippen LogP contribution in [0, 0.1) is 0 Å². The van der Waals surface area contributed by atoms with Crippen LogP contribution in [0.5, 0.6) is 5.75 Å². The molecule has 5 rings (SSSR count). The van der Waals surface area contributed by atoms with E-state index >= 15 is 0 Å². The van der Waals surface area contributed by atoms with E-state index in [2.05, 4.69) is 20.4 Å². The van der Waals surface area contributed by atoms with E-state index < -0.39 is 41.9 Å². The number of hydrogen-bond acceptors (Lipinski definition) is 6. The Morgan fingerprint density at radius 2 is 1.66 bits per heavy atom. The molecule has 2 aliphatic rings. The Balaban J connectivity index is 1.44. The quantitative estimate of drug-likeness (QED) is 0.492. The minimum absolute atomic E-state index is 0.179. The molecule has 0 aliphatic carbocycles. The Labute approximate surface area is 213 Å². The first-order valence-electron chi connectivity index (χ1n) is 11.2. The van der Waals surface area contributed by atoms with Crippen molar-refractivity contribution in [3.05, 3.63) is 83.6 Å². The third-order valence-corrected chi connectivity index (χ3v) is 5.92. The molecular formula is C25H18F3N5O5. The number of fused-ring (bicyclic) bond motifs is 2. The fourth-order valence-corrected chi connectivity index (χ4v) is 4.24. The van der Waals surface area contributed by atoms with Crippen LogP contribution in [0.25, 0.3) is 0 Å². The number of pyridine rings is 1. The molecule has 5 amide bonds. The Morgan fingerprint density at radius 3 is 2.29 bits per heavy atom. The molecule has 13 heteroatoms. The van der Waals surface area contributed by atoms with Crippen LogP contribution in [0.1, 0.15) is 32.3 Å². The second kappa shape index (κ2) is 9.50. The number of aromatic nitrogens is 1. The largest absolute Gasteiger partial charge is 0.573 e. The second-order valence-electron chi connectivity index (χ2n) is 8.39. The molecule has 3 heterocycles. The van der Waals surface area contributed by atoms with Gasteiger partial charge in [-0.15, -0.1) is 13.2 Å². The molecule has 2 N–H and O–H groups in total. The number of alkyl halides is 3. The maximum absolute atomic E-state index is 13.3. The van der Waals surface area contributed by atoms with E-state index in [1.54, 1.807) is 24.3 Å². The summed E-state index contributed by atoms with van der Waals surface area (Å²) in [4.78, 5) is 57.6. The number of carbonyl (C=O) groups excluding carboxylic acids is 4. The van der Waals surface area contributed by atoms with Gasteiger partial charge in [-0.2, -0.15) is 0 Å². The summed E-state index contributed by atoms with van der Waals surface area (Å²) in [6.07, 6.45) is -3.46. The molecule has 0 saturated heterocycles. The van der Waals surface area contributed by atoms with E-state index in [9.17, 15) is 32.3 Å². The number of carbonyl (C=O) groups is 4. The zero-order valence-electron chi connectivity index (χ0n) is 19.4. The van der Waals surface area contributed by atoms with Crippen LogP contribution in [-0.2, 0) is 4.79 Å². The minimum atomic E-state index is -4.90. The zero-order chi connectivity index (χ0) is 27.0. The maximum atomic E-state index is 13.3. The molecule has 3 aromatic rings. The Bertz CT molecular complexity index is 1410. The highest BCUT2D eigenvalue weighted by Gasteiger charge is 2.38. The molecule has 0 saturated carbocycles. The monoisotopic (exact) mass is 525 g/mol. The van der Waals surface area contributed by atoms with Gasteiger partial charge < -0.3 is 15.4 Å². The van der Waals surface area contributed by atoms with Gasteiger partial charge in [-0.3, -0.25) is 24.2 Å². The summed E-state index contributed by atoms with van der Waals surface area (Å²) in [5.74, 6) is -1.93. The first-order valence-corrected chi connectivity index (χ1v) is 11.2. The lowest BCUT2D eigenvalue weighted by Crippen LogP contribution is -2.50. The number of amides is 5. The van der Waals surface area contributed by atoms with Crippen LogP contribution in [0.3, 0.4) is 0 Å². The van der Waals surface area contributed by atoms with Gasteiger partial charge in [0.25, 0.3) is 11.8 Å². The molecule has 38 heavy (non-hydrogen) atoms. The predicted molar refractivity (Wildman–Crippen MR) is 126 cm³/mol. The van der Waals surface area contributed by atoms with Crippen molar-refractivity contribution in [2.75, 3.05) is 23.3 Å². The third-order valence-electron chi connectivity index (χ3n) is 5.92. The number of anilines is 2. The van der Waals surface area contributed by atoms with Gasteiger partial charge in [0.1, 0.15) is 12.3 Å². The lowest BCUT2D eigenvalue weighted by molar-refractivity contribution is -0.274. The van der Waals surface area contributed by atoms with Crippen molar-refractivity contribution in [2.45, 2.75) is 12.4 Å². The van der Waals surface area contributed by atoms with Crippen molar-refractivity contribution >= 4 is 35.3 Å². The van der Waals surface area contributed by atoms with E-state index in [4.69, 9.17) is 0 Å². The summed E-state index contributed by atoms with van der Waals surface area (Å²) in [6, 6.07) is 12.2. The van der Waals surface area contributed by atoms with Crippen molar-refractivity contribution < 1.29 is 37.1 Å². The van der Waals surface area contributed by atoms with E-state index in [-0.39, 0.29) is 35.6 Å². The van der Waals surface area contributed by atoms with Crippen molar-refractivity contribution in [1.82, 2.24) is 15.2 Å². The van der Waals surface area contributed by atoms with Gasteiger partial charge in [-0.05, 0) is 42.0 Å². The lowest BCUT2D eigenvalue weighted by atomic mass is 10.1. The van der Waals surface area contributed by atoms with Crippen molar-refractivity contribution in [1.29, 1.82) is 0 Å². The minimum Gasteiger partial charge on any atom is -0.406 e. The Kier molecular flexibility index (Phi) is 6.18. The molecule has 0 radical (unpaired) electrons. The maximum Gasteiger partial charge on any atom is 0.573 e. The van der Waals surface area contributed by atoms with Crippen LogP contribution < -0.4 is 20.3 Å². The summed E-state index contributed by atoms with van der Waals surface area (Å²) in [7, 11) is 0. The van der Waals surface area contributed by atoms with E-state index in [1.165, 1.54) is 30.5 Å². The molecule has 0 fully saturated rings. The van der Waals surface area contributed by atoms with Gasteiger partial charge in [0.05, 0.1) is 29.4 Å². The first kappa shape index (κ1) is 24.7. The van der Waals surface area contributed by atoms with Crippen molar-refractivity contribution in [3.8, 4) is 5.75 Å². The highest BCUT2D eigenvalue weighted by atomic mass is 19.4. The zero-order valence-corrected chi connectivity index (χ0v) is 19.4. The molecule has 0 bridgehead atoms. The summed E-state index contributed by atoms with van der Waals surface area (Å²) in [6.45, 7) is -0.680. The normalized spacial score (nSPS) is 15.5. The number of imide groups is 1. The summed E-state index contributed by atoms with van der Waals surface area (Å²) in [5, 5.41) is 5.29. The number of halogens is 3.